The van der Waals surface area contributed by atoms with Crippen LogP contribution in [0.15, 0.2) is 22.8 Å². The molecular formula is C11H22N3O+3. The van der Waals surface area contributed by atoms with Crippen LogP contribution in [0.5, 0.6) is 0 Å². The minimum Gasteiger partial charge on any atom is -0.463 e. The predicted molar refractivity (Wildman–Crippen MR) is 56.5 cm³/mol. The van der Waals surface area contributed by atoms with E-state index in [0.717, 1.165) is 12.3 Å². The molecule has 0 bridgehead atoms. The second-order valence-electron chi connectivity index (χ2n) is 4.47. The summed E-state index contributed by atoms with van der Waals surface area (Å²) >= 11 is 0. The van der Waals surface area contributed by atoms with Crippen molar-refractivity contribution in [1.82, 2.24) is 0 Å². The number of hydrogen-bond acceptors (Lipinski definition) is 1. The predicted octanol–water partition coefficient (Wildman–Crippen LogP) is -3.02. The Bertz CT molecular complexity index is 278. The normalized spacial score (nSPS) is 28.9. The lowest BCUT2D eigenvalue weighted by atomic mass is 10.1. The van der Waals surface area contributed by atoms with Crippen molar-refractivity contribution >= 4 is 0 Å². The smallest absolute Gasteiger partial charge is 0.195 e. The van der Waals surface area contributed by atoms with Crippen LogP contribution in [0.2, 0.25) is 0 Å². The highest BCUT2D eigenvalue weighted by molar-refractivity contribution is 5.01. The van der Waals surface area contributed by atoms with Crippen LogP contribution >= 0.6 is 0 Å². The maximum Gasteiger partial charge on any atom is 0.195 e. The quantitative estimate of drug-likeness (QED) is 0.491. The van der Waals surface area contributed by atoms with Gasteiger partial charge in [-0.2, -0.15) is 0 Å². The molecule has 1 fully saturated rings. The van der Waals surface area contributed by atoms with Crippen LogP contribution in [0, 0.1) is 0 Å². The Kier molecular flexibility index (Phi) is 3.41. The van der Waals surface area contributed by atoms with Gasteiger partial charge in [-0.15, -0.1) is 0 Å². The number of quaternary nitrogens is 3. The Morgan fingerprint density at radius 1 is 1.40 bits per heavy atom. The summed E-state index contributed by atoms with van der Waals surface area (Å²) in [6.07, 6.45) is 1.76. The SMILES string of the molecule is C[NH+]1CC[NH+]([C@@H](C[NH3+])c2ccco2)CC1. The molecule has 0 unspecified atom stereocenters. The monoisotopic (exact) mass is 212 g/mol. The summed E-state index contributed by atoms with van der Waals surface area (Å²) in [6.45, 7) is 5.89. The molecule has 1 aromatic heterocycles. The van der Waals surface area contributed by atoms with Gasteiger partial charge in [-0.3, -0.25) is 0 Å². The first-order valence-electron chi connectivity index (χ1n) is 5.79. The van der Waals surface area contributed by atoms with Crippen LogP contribution in [-0.4, -0.2) is 39.8 Å². The number of hydrogen-bond donors (Lipinski definition) is 3. The molecule has 4 nitrogen and oxygen atoms in total. The van der Waals surface area contributed by atoms with Crippen molar-refractivity contribution in [3.63, 3.8) is 0 Å². The van der Waals surface area contributed by atoms with Gasteiger partial charge in [0.2, 0.25) is 0 Å². The lowest BCUT2D eigenvalue weighted by Gasteiger charge is -2.30. The summed E-state index contributed by atoms with van der Waals surface area (Å²) < 4.78 is 5.50. The fraction of sp³-hybridized carbons (Fsp3) is 0.636. The molecule has 5 N–H and O–H groups in total. The summed E-state index contributed by atoms with van der Waals surface area (Å²) in [7, 11) is 2.27. The molecule has 0 aromatic carbocycles. The van der Waals surface area contributed by atoms with E-state index in [2.05, 4.69) is 18.8 Å². The second-order valence-corrected chi connectivity index (χ2v) is 4.47. The number of nitrogens with one attached hydrogen (secondary N) is 2. The van der Waals surface area contributed by atoms with Crippen LogP contribution in [0.1, 0.15) is 11.8 Å². The van der Waals surface area contributed by atoms with E-state index in [0.29, 0.717) is 6.04 Å². The van der Waals surface area contributed by atoms with E-state index < -0.39 is 0 Å². The maximum absolute atomic E-state index is 5.50. The minimum absolute atomic E-state index is 0.452. The zero-order chi connectivity index (χ0) is 10.7. The van der Waals surface area contributed by atoms with E-state index in [1.807, 2.05) is 6.07 Å². The first kappa shape index (κ1) is 10.7. The third-order valence-electron chi connectivity index (χ3n) is 3.41. The Morgan fingerprint density at radius 2 is 2.13 bits per heavy atom. The fourth-order valence-corrected chi connectivity index (χ4v) is 2.38. The van der Waals surface area contributed by atoms with Gasteiger partial charge >= 0.3 is 0 Å². The van der Waals surface area contributed by atoms with Crippen LogP contribution in [0.3, 0.4) is 0 Å². The number of rotatable bonds is 3. The summed E-state index contributed by atoms with van der Waals surface area (Å²) in [5.74, 6) is 1.10. The van der Waals surface area contributed by atoms with Gasteiger partial charge in [-0.1, -0.05) is 0 Å². The van der Waals surface area contributed by atoms with Crippen molar-refractivity contribution < 1.29 is 20.0 Å². The molecular weight excluding hydrogens is 190 g/mol. The third-order valence-corrected chi connectivity index (χ3v) is 3.41. The van der Waals surface area contributed by atoms with Crippen molar-refractivity contribution in [1.29, 1.82) is 0 Å². The lowest BCUT2D eigenvalue weighted by molar-refractivity contribution is -1.02. The van der Waals surface area contributed by atoms with Gasteiger partial charge in [0.1, 0.15) is 32.7 Å². The molecule has 84 valence electrons. The van der Waals surface area contributed by atoms with E-state index in [1.165, 1.54) is 26.2 Å². The van der Waals surface area contributed by atoms with Gasteiger partial charge in [0.05, 0.1) is 13.3 Å². The highest BCUT2D eigenvalue weighted by Gasteiger charge is 2.31. The standard InChI is InChI=1S/C11H19N3O/c1-13-4-6-14(7-5-13)10(9-12)11-3-2-8-15-11/h2-3,8,10H,4-7,9,12H2,1H3/p+3/t10-/m0/s1. The molecule has 4 heteroatoms. The Labute approximate surface area is 90.6 Å². The topological polar surface area (TPSA) is 49.7 Å². The molecule has 0 saturated carbocycles. The summed E-state index contributed by atoms with van der Waals surface area (Å²) in [5.41, 5.74) is 4.05. The average Bonchev–Trinajstić information content (AvgIpc) is 2.75. The van der Waals surface area contributed by atoms with Crippen molar-refractivity contribution in [3.8, 4) is 0 Å². The van der Waals surface area contributed by atoms with Crippen LogP contribution in [-0.2, 0) is 0 Å². The number of likely N-dealkylation sites (N-methyl/N-ethyl adjacent to an activating group) is 1. The van der Waals surface area contributed by atoms with Gasteiger partial charge in [0.15, 0.2) is 11.8 Å². The van der Waals surface area contributed by atoms with E-state index in [4.69, 9.17) is 4.42 Å². The van der Waals surface area contributed by atoms with Gasteiger partial charge in [0.25, 0.3) is 0 Å². The van der Waals surface area contributed by atoms with Crippen molar-refractivity contribution in [2.75, 3.05) is 39.8 Å². The van der Waals surface area contributed by atoms with Gasteiger partial charge in [0, 0.05) is 0 Å². The molecule has 2 rings (SSSR count). The first-order valence-corrected chi connectivity index (χ1v) is 5.79. The van der Waals surface area contributed by atoms with Crippen LogP contribution in [0.4, 0.5) is 0 Å². The maximum atomic E-state index is 5.50. The summed E-state index contributed by atoms with van der Waals surface area (Å²) in [4.78, 5) is 3.27. The zero-order valence-electron chi connectivity index (χ0n) is 9.46. The average molecular weight is 212 g/mol. The molecule has 1 aromatic rings. The zero-order valence-corrected chi connectivity index (χ0v) is 9.46. The van der Waals surface area contributed by atoms with E-state index in [9.17, 15) is 0 Å². The molecule has 0 amide bonds. The van der Waals surface area contributed by atoms with Crippen LogP contribution in [0.25, 0.3) is 0 Å². The Morgan fingerprint density at radius 3 is 2.67 bits per heavy atom. The molecule has 15 heavy (non-hydrogen) atoms. The van der Waals surface area contributed by atoms with Gasteiger partial charge < -0.3 is 20.0 Å². The van der Waals surface area contributed by atoms with E-state index in [1.54, 1.807) is 16.1 Å². The minimum atomic E-state index is 0.452. The molecule has 0 aliphatic carbocycles. The molecule has 1 saturated heterocycles. The fourth-order valence-electron chi connectivity index (χ4n) is 2.38. The summed E-state index contributed by atoms with van der Waals surface area (Å²) in [5, 5.41) is 0. The van der Waals surface area contributed by atoms with Gasteiger partial charge in [-0.05, 0) is 12.1 Å². The molecule has 0 radical (unpaired) electrons. The molecule has 0 spiro atoms. The largest absolute Gasteiger partial charge is 0.463 e. The second kappa shape index (κ2) is 4.79. The van der Waals surface area contributed by atoms with Crippen molar-refractivity contribution in [3.05, 3.63) is 24.2 Å². The van der Waals surface area contributed by atoms with E-state index in [-0.39, 0.29) is 0 Å². The molecule has 2 heterocycles. The van der Waals surface area contributed by atoms with Crippen molar-refractivity contribution in [2.45, 2.75) is 6.04 Å². The first-order chi connectivity index (χ1) is 7.31. The van der Waals surface area contributed by atoms with Gasteiger partial charge in [-0.25, -0.2) is 0 Å². The van der Waals surface area contributed by atoms with E-state index >= 15 is 0 Å². The Hall–Kier alpha value is -0.840. The van der Waals surface area contributed by atoms with Crippen LogP contribution < -0.4 is 15.5 Å². The van der Waals surface area contributed by atoms with Crippen molar-refractivity contribution in [2.24, 2.45) is 0 Å². The summed E-state index contributed by atoms with van der Waals surface area (Å²) in [6, 6.07) is 4.50. The molecule has 1 atom stereocenters. The molecule has 1 aliphatic heterocycles. The highest BCUT2D eigenvalue weighted by atomic mass is 16.3. The Balaban J connectivity index is 2.01. The lowest BCUT2D eigenvalue weighted by Crippen LogP contribution is -3.27. The number of piperazine rings is 1. The third kappa shape index (κ3) is 2.40. The highest BCUT2D eigenvalue weighted by Crippen LogP contribution is 2.07. The number of furan rings is 1. The molecule has 1 aliphatic rings.